The van der Waals surface area contributed by atoms with Crippen molar-refractivity contribution in [1.29, 1.82) is 0 Å². The van der Waals surface area contributed by atoms with Crippen molar-refractivity contribution in [2.24, 2.45) is 10.1 Å². The number of para-hydroxylation sites is 1. The summed E-state index contributed by atoms with van der Waals surface area (Å²) >= 11 is 3.20. The van der Waals surface area contributed by atoms with Crippen molar-refractivity contribution < 1.29 is 4.79 Å². The molecule has 0 saturated heterocycles. The Morgan fingerprint density at radius 2 is 1.92 bits per heavy atom. The fourth-order valence-electron chi connectivity index (χ4n) is 2.75. The topological polar surface area (TPSA) is 45.0 Å². The zero-order valence-electron chi connectivity index (χ0n) is 13.6. The predicted molar refractivity (Wildman–Crippen MR) is 107 cm³/mol. The average Bonchev–Trinajstić information content (AvgIpc) is 3.17. The van der Waals surface area contributed by atoms with E-state index in [1.54, 1.807) is 16.8 Å². The smallest absolute Gasteiger partial charge is 0.253 e. The Morgan fingerprint density at radius 3 is 2.80 bits per heavy atom. The average molecular weight is 367 g/mol. The molecule has 0 fully saturated rings. The molecular weight excluding hydrogens is 350 g/mol. The third-order valence-corrected chi connectivity index (χ3v) is 6.30. The van der Waals surface area contributed by atoms with Gasteiger partial charge in [0.15, 0.2) is 0 Å². The number of fused-ring (bicyclic) bond motifs is 1. The number of carbonyl (C=O) groups is 1. The molecular formula is C19H17N3OS2. The van der Waals surface area contributed by atoms with E-state index in [1.807, 2.05) is 48.5 Å². The summed E-state index contributed by atoms with van der Waals surface area (Å²) < 4.78 is 0.957. The van der Waals surface area contributed by atoms with Crippen LogP contribution >= 0.6 is 23.5 Å². The third-order valence-electron chi connectivity index (χ3n) is 4.07. The maximum absolute atomic E-state index is 12.4. The van der Waals surface area contributed by atoms with E-state index in [9.17, 15) is 4.79 Å². The molecule has 4 rings (SSSR count). The molecule has 0 atom stereocenters. The minimum atomic E-state index is 0.0399. The Kier molecular flexibility index (Phi) is 4.90. The van der Waals surface area contributed by atoms with Gasteiger partial charge in [0.05, 0.1) is 23.7 Å². The standard InChI is InChI=1S/C19H17N3OS2/c23-18(22-11-10-17(21-22)14-6-2-1-3-7-14)13-25-19-20-16-9-5-4-8-15(16)12-24-19/h1-9H,10-13H2. The Bertz CT molecular complexity index is 849. The molecule has 2 aromatic rings. The van der Waals surface area contributed by atoms with Gasteiger partial charge in [-0.2, -0.15) is 5.10 Å². The van der Waals surface area contributed by atoms with Crippen LogP contribution < -0.4 is 0 Å². The Hall–Kier alpha value is -2.05. The van der Waals surface area contributed by atoms with E-state index in [-0.39, 0.29) is 5.91 Å². The van der Waals surface area contributed by atoms with E-state index in [4.69, 9.17) is 0 Å². The summed E-state index contributed by atoms with van der Waals surface area (Å²) in [5.74, 6) is 1.33. The first-order chi connectivity index (χ1) is 12.3. The van der Waals surface area contributed by atoms with E-state index < -0.39 is 0 Å². The third kappa shape index (κ3) is 3.80. The molecule has 2 aliphatic heterocycles. The molecule has 2 heterocycles. The number of thioether (sulfide) groups is 2. The van der Waals surface area contributed by atoms with Gasteiger partial charge in [-0.3, -0.25) is 4.79 Å². The quantitative estimate of drug-likeness (QED) is 0.813. The molecule has 126 valence electrons. The number of hydrazone groups is 1. The molecule has 0 bridgehead atoms. The number of hydrogen-bond acceptors (Lipinski definition) is 5. The number of amides is 1. The molecule has 25 heavy (non-hydrogen) atoms. The van der Waals surface area contributed by atoms with Gasteiger partial charge in [-0.1, -0.05) is 72.1 Å². The van der Waals surface area contributed by atoms with Gasteiger partial charge in [0.25, 0.3) is 5.91 Å². The molecule has 0 N–H and O–H groups in total. The summed E-state index contributed by atoms with van der Waals surface area (Å²) in [7, 11) is 0. The van der Waals surface area contributed by atoms with Gasteiger partial charge < -0.3 is 0 Å². The van der Waals surface area contributed by atoms with E-state index >= 15 is 0 Å². The first kappa shape index (κ1) is 16.4. The first-order valence-corrected chi connectivity index (χ1v) is 10.1. The lowest BCUT2D eigenvalue weighted by Crippen LogP contribution is -2.25. The highest BCUT2D eigenvalue weighted by atomic mass is 32.2. The summed E-state index contributed by atoms with van der Waals surface area (Å²) in [4.78, 5) is 17.1. The highest BCUT2D eigenvalue weighted by Gasteiger charge is 2.22. The molecule has 6 heteroatoms. The van der Waals surface area contributed by atoms with Gasteiger partial charge >= 0.3 is 0 Å². The fraction of sp³-hybridized carbons (Fsp3) is 0.211. The number of rotatable bonds is 3. The zero-order chi connectivity index (χ0) is 17.1. The van der Waals surface area contributed by atoms with Gasteiger partial charge in [0.1, 0.15) is 4.38 Å². The lowest BCUT2D eigenvalue weighted by atomic mass is 10.1. The van der Waals surface area contributed by atoms with Crippen LogP contribution in [0, 0.1) is 0 Å². The normalized spacial score (nSPS) is 16.2. The van der Waals surface area contributed by atoms with Crippen LogP contribution in [-0.2, 0) is 10.5 Å². The van der Waals surface area contributed by atoms with Gasteiger partial charge in [-0.05, 0) is 17.2 Å². The van der Waals surface area contributed by atoms with Crippen molar-refractivity contribution in [1.82, 2.24) is 5.01 Å². The minimum Gasteiger partial charge on any atom is -0.272 e. The fourth-order valence-corrected chi connectivity index (χ4v) is 4.69. The second kappa shape index (κ2) is 7.45. The lowest BCUT2D eigenvalue weighted by molar-refractivity contribution is -0.127. The highest BCUT2D eigenvalue weighted by molar-refractivity contribution is 8.38. The molecule has 0 aromatic heterocycles. The second-order valence-electron chi connectivity index (χ2n) is 5.76. The van der Waals surface area contributed by atoms with Crippen molar-refractivity contribution in [2.75, 3.05) is 12.3 Å². The highest BCUT2D eigenvalue weighted by Crippen LogP contribution is 2.34. The van der Waals surface area contributed by atoms with Gasteiger partial charge in [0, 0.05) is 12.2 Å². The summed E-state index contributed by atoms with van der Waals surface area (Å²) in [5, 5.41) is 6.09. The van der Waals surface area contributed by atoms with Crippen molar-refractivity contribution in [3.8, 4) is 0 Å². The van der Waals surface area contributed by atoms with Crippen LogP contribution in [0.25, 0.3) is 0 Å². The first-order valence-electron chi connectivity index (χ1n) is 8.15. The maximum Gasteiger partial charge on any atom is 0.253 e. The number of nitrogens with zero attached hydrogens (tertiary/aromatic N) is 3. The molecule has 0 radical (unpaired) electrons. The summed E-state index contributed by atoms with van der Waals surface area (Å²) in [5.41, 5.74) is 4.34. The van der Waals surface area contributed by atoms with Crippen molar-refractivity contribution in [3.63, 3.8) is 0 Å². The van der Waals surface area contributed by atoms with Crippen molar-refractivity contribution in [3.05, 3.63) is 65.7 Å². The van der Waals surface area contributed by atoms with Gasteiger partial charge in [0.2, 0.25) is 0 Å². The molecule has 4 nitrogen and oxygen atoms in total. The molecule has 0 unspecified atom stereocenters. The zero-order valence-corrected chi connectivity index (χ0v) is 15.2. The van der Waals surface area contributed by atoms with Crippen LogP contribution in [0.15, 0.2) is 64.7 Å². The summed E-state index contributed by atoms with van der Waals surface area (Å²) in [6.45, 7) is 0.659. The van der Waals surface area contributed by atoms with Crippen LogP contribution in [0.1, 0.15) is 17.5 Å². The van der Waals surface area contributed by atoms with Crippen LogP contribution in [-0.4, -0.2) is 33.3 Å². The van der Waals surface area contributed by atoms with Gasteiger partial charge in [-0.15, -0.1) is 0 Å². The van der Waals surface area contributed by atoms with Crippen molar-refractivity contribution in [2.45, 2.75) is 12.2 Å². The molecule has 0 spiro atoms. The number of carbonyl (C=O) groups excluding carboxylic acids is 1. The van der Waals surface area contributed by atoms with Crippen LogP contribution in [0.5, 0.6) is 0 Å². The van der Waals surface area contributed by atoms with Crippen LogP contribution in [0.2, 0.25) is 0 Å². The molecule has 1 amide bonds. The number of hydrogen-bond donors (Lipinski definition) is 0. The van der Waals surface area contributed by atoms with Crippen molar-refractivity contribution >= 4 is 45.2 Å². The minimum absolute atomic E-state index is 0.0399. The summed E-state index contributed by atoms with van der Waals surface area (Å²) in [6, 6.07) is 18.2. The number of aliphatic imine (C=N–C) groups is 1. The van der Waals surface area contributed by atoms with E-state index in [0.29, 0.717) is 12.3 Å². The molecule has 2 aromatic carbocycles. The van der Waals surface area contributed by atoms with Crippen LogP contribution in [0.3, 0.4) is 0 Å². The SMILES string of the molecule is O=C(CSC1=Nc2ccccc2CS1)N1CCC(c2ccccc2)=N1. The van der Waals surface area contributed by atoms with Gasteiger partial charge in [-0.25, -0.2) is 10.0 Å². The number of benzene rings is 2. The summed E-state index contributed by atoms with van der Waals surface area (Å²) in [6.07, 6.45) is 0.809. The predicted octanol–water partition coefficient (Wildman–Crippen LogP) is 4.29. The Morgan fingerprint density at radius 1 is 1.12 bits per heavy atom. The Labute approximate surface area is 155 Å². The van der Waals surface area contributed by atoms with Crippen LogP contribution in [0.4, 0.5) is 5.69 Å². The lowest BCUT2D eigenvalue weighted by Gasteiger charge is -2.15. The maximum atomic E-state index is 12.4. The monoisotopic (exact) mass is 367 g/mol. The van der Waals surface area contributed by atoms with E-state index in [2.05, 4.69) is 16.2 Å². The van der Waals surface area contributed by atoms with E-state index in [1.165, 1.54) is 17.3 Å². The molecule has 0 saturated carbocycles. The molecule has 2 aliphatic rings. The Balaban J connectivity index is 1.37. The molecule has 0 aliphatic carbocycles. The largest absolute Gasteiger partial charge is 0.272 e. The van der Waals surface area contributed by atoms with E-state index in [0.717, 1.165) is 33.5 Å². The second-order valence-corrected chi connectivity index (χ2v) is 7.95.